The average molecular weight is 257 g/mol. The molecule has 0 saturated heterocycles. The van der Waals surface area contributed by atoms with Crippen molar-refractivity contribution >= 4 is 5.82 Å². The Hall–Kier alpha value is -2.30. The minimum atomic E-state index is -0.202. The van der Waals surface area contributed by atoms with Gasteiger partial charge in [0, 0.05) is 18.1 Å². The van der Waals surface area contributed by atoms with Gasteiger partial charge in [0.2, 0.25) is 5.88 Å². The molecule has 0 saturated carbocycles. The van der Waals surface area contributed by atoms with Gasteiger partial charge in [-0.2, -0.15) is 0 Å². The van der Waals surface area contributed by atoms with E-state index in [-0.39, 0.29) is 5.60 Å². The summed E-state index contributed by atoms with van der Waals surface area (Å²) in [5, 5.41) is 0. The molecule has 3 rings (SSSR count). The third-order valence-corrected chi connectivity index (χ3v) is 2.93. The lowest BCUT2D eigenvalue weighted by atomic mass is 10.0. The molecule has 0 spiro atoms. The Morgan fingerprint density at radius 2 is 2.16 bits per heavy atom. The maximum Gasteiger partial charge on any atom is 0.224 e. The van der Waals surface area contributed by atoms with Crippen molar-refractivity contribution in [1.82, 2.24) is 9.97 Å². The van der Waals surface area contributed by atoms with Crippen molar-refractivity contribution in [3.8, 4) is 17.4 Å². The summed E-state index contributed by atoms with van der Waals surface area (Å²) in [4.78, 5) is 7.86. The fraction of sp³-hybridized carbons (Fsp3) is 0.286. The number of fused-ring (bicyclic) bond motifs is 1. The summed E-state index contributed by atoms with van der Waals surface area (Å²) >= 11 is 0. The second kappa shape index (κ2) is 4.12. The summed E-state index contributed by atoms with van der Waals surface area (Å²) in [6.07, 6.45) is 2.24. The molecule has 5 nitrogen and oxygen atoms in total. The molecule has 0 radical (unpaired) electrons. The smallest absolute Gasteiger partial charge is 0.224 e. The number of nitrogens with two attached hydrogens (primary N) is 1. The van der Waals surface area contributed by atoms with Gasteiger partial charge in [-0.3, -0.25) is 0 Å². The van der Waals surface area contributed by atoms with Gasteiger partial charge in [0.15, 0.2) is 11.5 Å². The first kappa shape index (κ1) is 11.8. The Morgan fingerprint density at radius 3 is 2.95 bits per heavy atom. The van der Waals surface area contributed by atoms with Crippen LogP contribution in [0, 0.1) is 0 Å². The summed E-state index contributed by atoms with van der Waals surface area (Å²) in [5.74, 6) is 2.22. The van der Waals surface area contributed by atoms with Crippen LogP contribution in [0.3, 0.4) is 0 Å². The molecule has 1 aliphatic heterocycles. The van der Waals surface area contributed by atoms with E-state index < -0.39 is 0 Å². The molecule has 5 heteroatoms. The van der Waals surface area contributed by atoms with Crippen molar-refractivity contribution in [3.63, 3.8) is 0 Å². The van der Waals surface area contributed by atoms with Crippen molar-refractivity contribution < 1.29 is 9.47 Å². The van der Waals surface area contributed by atoms with Gasteiger partial charge in [0.05, 0.1) is 0 Å². The first-order chi connectivity index (χ1) is 9.03. The van der Waals surface area contributed by atoms with Crippen LogP contribution in [0.4, 0.5) is 5.82 Å². The van der Waals surface area contributed by atoms with Crippen molar-refractivity contribution in [3.05, 3.63) is 36.2 Å². The third kappa shape index (κ3) is 2.31. The van der Waals surface area contributed by atoms with Crippen molar-refractivity contribution in [2.24, 2.45) is 0 Å². The van der Waals surface area contributed by atoms with Crippen LogP contribution in [-0.4, -0.2) is 15.6 Å². The van der Waals surface area contributed by atoms with Crippen LogP contribution in [0.5, 0.6) is 17.4 Å². The van der Waals surface area contributed by atoms with Crippen molar-refractivity contribution in [1.29, 1.82) is 0 Å². The van der Waals surface area contributed by atoms with Crippen LogP contribution in [0.15, 0.2) is 30.6 Å². The lowest BCUT2D eigenvalue weighted by Crippen LogP contribution is -2.24. The van der Waals surface area contributed by atoms with E-state index in [9.17, 15) is 0 Å². The van der Waals surface area contributed by atoms with Crippen molar-refractivity contribution in [2.45, 2.75) is 25.9 Å². The highest BCUT2D eigenvalue weighted by Crippen LogP contribution is 2.43. The van der Waals surface area contributed by atoms with Crippen LogP contribution in [0.25, 0.3) is 0 Å². The quantitative estimate of drug-likeness (QED) is 0.895. The molecule has 0 unspecified atom stereocenters. The molecule has 0 fully saturated rings. The molecule has 1 aromatic heterocycles. The van der Waals surface area contributed by atoms with Crippen LogP contribution in [-0.2, 0) is 6.42 Å². The Kier molecular flexibility index (Phi) is 2.55. The predicted octanol–water partition coefficient (Wildman–Crippen LogP) is 2.56. The van der Waals surface area contributed by atoms with Gasteiger partial charge in [-0.1, -0.05) is 12.1 Å². The molecular formula is C14H15N3O2. The number of nitrogen functional groups attached to an aromatic ring is 1. The molecule has 0 amide bonds. The van der Waals surface area contributed by atoms with Crippen LogP contribution >= 0.6 is 0 Å². The van der Waals surface area contributed by atoms with Gasteiger partial charge < -0.3 is 15.2 Å². The highest BCUT2D eigenvalue weighted by atomic mass is 16.5. The monoisotopic (exact) mass is 257 g/mol. The van der Waals surface area contributed by atoms with Gasteiger partial charge in [0.25, 0.3) is 0 Å². The predicted molar refractivity (Wildman–Crippen MR) is 71.4 cm³/mol. The van der Waals surface area contributed by atoms with E-state index in [1.165, 1.54) is 6.33 Å². The average Bonchev–Trinajstić information content (AvgIpc) is 2.64. The normalized spacial score (nSPS) is 15.7. The molecule has 0 aliphatic carbocycles. The number of hydrogen-bond acceptors (Lipinski definition) is 5. The van der Waals surface area contributed by atoms with E-state index in [0.29, 0.717) is 17.4 Å². The van der Waals surface area contributed by atoms with Crippen LogP contribution < -0.4 is 15.2 Å². The highest BCUT2D eigenvalue weighted by Gasteiger charge is 2.32. The minimum Gasteiger partial charge on any atom is -0.483 e. The fourth-order valence-electron chi connectivity index (χ4n) is 2.19. The molecular weight excluding hydrogens is 242 g/mol. The van der Waals surface area contributed by atoms with Gasteiger partial charge in [0.1, 0.15) is 17.7 Å². The standard InChI is InChI=1S/C14H15N3O2/c1-14(2)7-9-4-3-5-10(13(9)19-14)18-12-6-11(15)16-8-17-12/h3-6,8H,7H2,1-2H3,(H2,15,16,17). The van der Waals surface area contributed by atoms with E-state index >= 15 is 0 Å². The number of anilines is 1. The Balaban J connectivity index is 1.94. The highest BCUT2D eigenvalue weighted by molar-refractivity contribution is 5.51. The van der Waals surface area contributed by atoms with E-state index in [0.717, 1.165) is 17.7 Å². The van der Waals surface area contributed by atoms with E-state index in [1.807, 2.05) is 18.2 Å². The summed E-state index contributed by atoms with van der Waals surface area (Å²) < 4.78 is 11.7. The second-order valence-electron chi connectivity index (χ2n) is 5.17. The zero-order valence-electron chi connectivity index (χ0n) is 10.9. The molecule has 2 N–H and O–H groups in total. The van der Waals surface area contributed by atoms with E-state index in [1.54, 1.807) is 6.07 Å². The summed E-state index contributed by atoms with van der Waals surface area (Å²) in [6, 6.07) is 7.44. The molecule has 0 atom stereocenters. The van der Waals surface area contributed by atoms with Crippen LogP contribution in [0.1, 0.15) is 19.4 Å². The maximum atomic E-state index is 5.93. The topological polar surface area (TPSA) is 70.3 Å². The lowest BCUT2D eigenvalue weighted by Gasteiger charge is -2.18. The van der Waals surface area contributed by atoms with Gasteiger partial charge >= 0.3 is 0 Å². The maximum absolute atomic E-state index is 5.93. The number of benzene rings is 1. The fourth-order valence-corrected chi connectivity index (χ4v) is 2.19. The Morgan fingerprint density at radius 1 is 1.32 bits per heavy atom. The zero-order chi connectivity index (χ0) is 13.5. The molecule has 19 heavy (non-hydrogen) atoms. The number of aromatic nitrogens is 2. The first-order valence-corrected chi connectivity index (χ1v) is 6.10. The summed E-state index contributed by atoms with van der Waals surface area (Å²) in [5.41, 5.74) is 6.55. The molecule has 1 aliphatic rings. The number of rotatable bonds is 2. The lowest BCUT2D eigenvalue weighted by molar-refractivity contribution is 0.135. The first-order valence-electron chi connectivity index (χ1n) is 6.10. The van der Waals surface area contributed by atoms with Gasteiger partial charge in [-0.15, -0.1) is 0 Å². The number of ether oxygens (including phenoxy) is 2. The third-order valence-electron chi connectivity index (χ3n) is 2.93. The summed E-state index contributed by atoms with van der Waals surface area (Å²) in [6.45, 7) is 4.11. The van der Waals surface area contributed by atoms with E-state index in [2.05, 4.69) is 23.8 Å². The Labute approximate surface area is 111 Å². The van der Waals surface area contributed by atoms with Gasteiger partial charge in [-0.25, -0.2) is 9.97 Å². The Bertz CT molecular complexity index is 626. The zero-order valence-corrected chi connectivity index (χ0v) is 10.9. The molecule has 0 bridgehead atoms. The second-order valence-corrected chi connectivity index (χ2v) is 5.17. The number of nitrogens with zero attached hydrogens (tertiary/aromatic N) is 2. The number of hydrogen-bond donors (Lipinski definition) is 1. The molecule has 2 aromatic rings. The van der Waals surface area contributed by atoms with Gasteiger partial charge in [-0.05, 0) is 19.9 Å². The van der Waals surface area contributed by atoms with Crippen LogP contribution in [0.2, 0.25) is 0 Å². The molecule has 1 aromatic carbocycles. The minimum absolute atomic E-state index is 0.202. The molecule has 2 heterocycles. The number of para-hydroxylation sites is 1. The summed E-state index contributed by atoms with van der Waals surface area (Å²) in [7, 11) is 0. The largest absolute Gasteiger partial charge is 0.483 e. The molecule has 98 valence electrons. The SMILES string of the molecule is CC1(C)Cc2cccc(Oc3cc(N)ncn3)c2O1. The van der Waals surface area contributed by atoms with E-state index in [4.69, 9.17) is 15.2 Å². The van der Waals surface area contributed by atoms with Crippen molar-refractivity contribution in [2.75, 3.05) is 5.73 Å².